The van der Waals surface area contributed by atoms with Crippen LogP contribution in [0.25, 0.3) is 0 Å². The van der Waals surface area contributed by atoms with Crippen molar-refractivity contribution in [2.24, 2.45) is 5.73 Å². The second kappa shape index (κ2) is 2.64. The van der Waals surface area contributed by atoms with Gasteiger partial charge in [-0.25, -0.2) is 0 Å². The van der Waals surface area contributed by atoms with Gasteiger partial charge in [-0.05, 0) is 14.0 Å². The number of nitrogens with zero attached hydrogens (tertiary/aromatic N) is 1. The number of rotatable bonds is 0. The molecule has 0 aromatic heterocycles. The Balaban J connectivity index is 2.35. The van der Waals surface area contributed by atoms with Gasteiger partial charge in [-0.3, -0.25) is 10.2 Å². The summed E-state index contributed by atoms with van der Waals surface area (Å²) in [5, 5.41) is 3.20. The van der Waals surface area contributed by atoms with Crippen molar-refractivity contribution in [2.45, 2.75) is 19.1 Å². The smallest absolute Gasteiger partial charge is 0.0678 e. The second-order valence-electron chi connectivity index (χ2n) is 2.80. The first-order valence-corrected chi connectivity index (χ1v) is 3.39. The molecule has 1 rings (SSSR count). The molecule has 1 heterocycles. The van der Waals surface area contributed by atoms with Crippen molar-refractivity contribution in [3.8, 4) is 0 Å². The average Bonchev–Trinajstić information content (AvgIpc) is 1.80. The minimum Gasteiger partial charge on any atom is -0.315 e. The van der Waals surface area contributed by atoms with Gasteiger partial charge in [-0.2, -0.15) is 0 Å². The van der Waals surface area contributed by atoms with E-state index in [0.29, 0.717) is 6.04 Å². The maximum Gasteiger partial charge on any atom is 0.0678 e. The average molecular weight is 129 g/mol. The van der Waals surface area contributed by atoms with Crippen LogP contribution in [0.3, 0.4) is 0 Å². The van der Waals surface area contributed by atoms with Crippen molar-refractivity contribution < 1.29 is 0 Å². The summed E-state index contributed by atoms with van der Waals surface area (Å²) in [6.07, 6.45) is 0.172. The second-order valence-corrected chi connectivity index (χ2v) is 2.80. The van der Waals surface area contributed by atoms with Crippen LogP contribution in [0.15, 0.2) is 0 Å². The van der Waals surface area contributed by atoms with E-state index in [1.807, 2.05) is 0 Å². The van der Waals surface area contributed by atoms with Crippen LogP contribution in [-0.2, 0) is 0 Å². The third-order valence-corrected chi connectivity index (χ3v) is 1.91. The fourth-order valence-electron chi connectivity index (χ4n) is 1.03. The highest BCUT2D eigenvalue weighted by atomic mass is 15.2. The molecule has 1 fully saturated rings. The summed E-state index contributed by atoms with van der Waals surface area (Å²) >= 11 is 0. The van der Waals surface area contributed by atoms with Gasteiger partial charge in [0.25, 0.3) is 0 Å². The zero-order chi connectivity index (χ0) is 6.85. The van der Waals surface area contributed by atoms with Gasteiger partial charge in [0.05, 0.1) is 6.17 Å². The maximum atomic E-state index is 5.63. The molecule has 2 unspecified atom stereocenters. The van der Waals surface area contributed by atoms with Crippen molar-refractivity contribution in [1.29, 1.82) is 0 Å². The number of hydrogen-bond donors (Lipinski definition) is 2. The number of nitrogens with one attached hydrogen (secondary N) is 1. The van der Waals surface area contributed by atoms with Gasteiger partial charge >= 0.3 is 0 Å². The molecular formula is C6H15N3. The number of likely N-dealkylation sites (N-methyl/N-ethyl adjacent to an activating group) is 1. The maximum absolute atomic E-state index is 5.63. The van der Waals surface area contributed by atoms with E-state index in [0.717, 1.165) is 13.1 Å². The van der Waals surface area contributed by atoms with E-state index in [-0.39, 0.29) is 6.17 Å². The Hall–Kier alpha value is -0.120. The lowest BCUT2D eigenvalue weighted by atomic mass is 10.2. The molecule has 0 saturated carbocycles. The lowest BCUT2D eigenvalue weighted by molar-refractivity contribution is 0.178. The molecule has 0 aliphatic carbocycles. The molecule has 1 aliphatic rings. The Labute approximate surface area is 56.2 Å². The van der Waals surface area contributed by atoms with Crippen LogP contribution in [0.1, 0.15) is 6.92 Å². The van der Waals surface area contributed by atoms with Crippen molar-refractivity contribution >= 4 is 0 Å². The van der Waals surface area contributed by atoms with Crippen LogP contribution in [-0.4, -0.2) is 37.2 Å². The van der Waals surface area contributed by atoms with E-state index >= 15 is 0 Å². The summed E-state index contributed by atoms with van der Waals surface area (Å²) in [4.78, 5) is 2.27. The highest BCUT2D eigenvalue weighted by molar-refractivity contribution is 4.77. The van der Waals surface area contributed by atoms with Crippen molar-refractivity contribution in [1.82, 2.24) is 10.2 Å². The van der Waals surface area contributed by atoms with Crippen molar-refractivity contribution in [3.63, 3.8) is 0 Å². The molecule has 0 radical (unpaired) electrons. The quantitative estimate of drug-likeness (QED) is 0.449. The van der Waals surface area contributed by atoms with Crippen LogP contribution >= 0.6 is 0 Å². The van der Waals surface area contributed by atoms with Gasteiger partial charge in [0.1, 0.15) is 0 Å². The molecule has 54 valence electrons. The first kappa shape index (κ1) is 6.99. The van der Waals surface area contributed by atoms with Crippen LogP contribution in [0.5, 0.6) is 0 Å². The van der Waals surface area contributed by atoms with E-state index in [9.17, 15) is 0 Å². The SMILES string of the molecule is CC1CNC(N)CN1C. The highest BCUT2D eigenvalue weighted by Gasteiger charge is 2.17. The summed E-state index contributed by atoms with van der Waals surface area (Å²) < 4.78 is 0. The monoisotopic (exact) mass is 129 g/mol. The van der Waals surface area contributed by atoms with Crippen LogP contribution in [0, 0.1) is 0 Å². The number of piperazine rings is 1. The predicted octanol–water partition coefficient (Wildman–Crippen LogP) is -0.805. The Bertz CT molecular complexity index is 94.3. The third-order valence-electron chi connectivity index (χ3n) is 1.91. The fourth-order valence-corrected chi connectivity index (χ4v) is 1.03. The Morgan fingerprint density at radius 2 is 2.33 bits per heavy atom. The fraction of sp³-hybridized carbons (Fsp3) is 1.00. The molecule has 3 nitrogen and oxygen atoms in total. The minimum atomic E-state index is 0.172. The van der Waals surface area contributed by atoms with E-state index in [4.69, 9.17) is 5.73 Å². The van der Waals surface area contributed by atoms with Gasteiger partial charge in [-0.15, -0.1) is 0 Å². The first-order valence-electron chi connectivity index (χ1n) is 3.39. The first-order chi connectivity index (χ1) is 4.20. The summed E-state index contributed by atoms with van der Waals surface area (Å²) in [6, 6.07) is 0.629. The molecule has 2 atom stereocenters. The molecule has 1 saturated heterocycles. The third kappa shape index (κ3) is 1.64. The highest BCUT2D eigenvalue weighted by Crippen LogP contribution is 1.98. The van der Waals surface area contributed by atoms with Gasteiger partial charge < -0.3 is 5.73 Å². The summed E-state index contributed by atoms with van der Waals surface area (Å²) in [7, 11) is 2.10. The Kier molecular flexibility index (Phi) is 2.05. The molecule has 1 aliphatic heterocycles. The molecule has 0 spiro atoms. The molecule has 0 bridgehead atoms. The molecule has 3 heteroatoms. The van der Waals surface area contributed by atoms with E-state index in [1.54, 1.807) is 0 Å². The van der Waals surface area contributed by atoms with E-state index in [2.05, 4.69) is 24.2 Å². The molecule has 0 aromatic carbocycles. The standard InChI is InChI=1S/C6H15N3/c1-5-3-8-6(7)4-9(5)2/h5-6,8H,3-4,7H2,1-2H3. The summed E-state index contributed by atoms with van der Waals surface area (Å²) in [5.74, 6) is 0. The molecule has 3 N–H and O–H groups in total. The molecule has 0 aromatic rings. The molecule has 9 heavy (non-hydrogen) atoms. The number of hydrogen-bond acceptors (Lipinski definition) is 3. The summed E-state index contributed by atoms with van der Waals surface area (Å²) in [6.45, 7) is 4.16. The summed E-state index contributed by atoms with van der Waals surface area (Å²) in [5.41, 5.74) is 5.63. The topological polar surface area (TPSA) is 41.3 Å². The minimum absolute atomic E-state index is 0.172. The van der Waals surface area contributed by atoms with Gasteiger partial charge in [0, 0.05) is 19.1 Å². The zero-order valence-corrected chi connectivity index (χ0v) is 6.09. The van der Waals surface area contributed by atoms with Gasteiger partial charge in [0.15, 0.2) is 0 Å². The van der Waals surface area contributed by atoms with Crippen LogP contribution in [0.2, 0.25) is 0 Å². The molecular weight excluding hydrogens is 114 g/mol. The van der Waals surface area contributed by atoms with E-state index in [1.165, 1.54) is 0 Å². The predicted molar refractivity (Wildman–Crippen MR) is 38.1 cm³/mol. The van der Waals surface area contributed by atoms with Crippen LogP contribution in [0.4, 0.5) is 0 Å². The van der Waals surface area contributed by atoms with Crippen molar-refractivity contribution in [2.75, 3.05) is 20.1 Å². The largest absolute Gasteiger partial charge is 0.315 e. The zero-order valence-electron chi connectivity index (χ0n) is 6.09. The van der Waals surface area contributed by atoms with Crippen molar-refractivity contribution in [3.05, 3.63) is 0 Å². The van der Waals surface area contributed by atoms with Gasteiger partial charge in [0.2, 0.25) is 0 Å². The Morgan fingerprint density at radius 3 is 2.78 bits per heavy atom. The lowest BCUT2D eigenvalue weighted by Gasteiger charge is -2.34. The molecule has 0 amide bonds. The van der Waals surface area contributed by atoms with Crippen LogP contribution < -0.4 is 11.1 Å². The number of nitrogens with two attached hydrogens (primary N) is 1. The normalized spacial score (nSPS) is 39.0. The van der Waals surface area contributed by atoms with E-state index < -0.39 is 0 Å². The lowest BCUT2D eigenvalue weighted by Crippen LogP contribution is -2.57. The van der Waals surface area contributed by atoms with Gasteiger partial charge in [-0.1, -0.05) is 0 Å². The Morgan fingerprint density at radius 1 is 1.67 bits per heavy atom.